The van der Waals surface area contributed by atoms with Gasteiger partial charge in [0, 0.05) is 11.1 Å². The third-order valence-electron chi connectivity index (χ3n) is 4.89. The van der Waals surface area contributed by atoms with E-state index >= 15 is 0 Å². The number of hydrogen-bond donors (Lipinski definition) is 1. The van der Waals surface area contributed by atoms with Gasteiger partial charge in [0.25, 0.3) is 5.91 Å². The maximum atomic E-state index is 12.6. The molecular formula is C17H22N6O2. The smallest absolute Gasteiger partial charge is 0.251 e. The SMILES string of the molecule is Cn1nnc(-c2ccc(C(=O)N[C@H]3COC[C@@H]3N3CCCC3)cc2)n1. The number of aromatic nitrogens is 4. The Kier molecular flexibility index (Phi) is 4.46. The highest BCUT2D eigenvalue weighted by molar-refractivity contribution is 5.94. The van der Waals surface area contributed by atoms with Crippen LogP contribution >= 0.6 is 0 Å². The molecule has 1 aromatic carbocycles. The van der Waals surface area contributed by atoms with Gasteiger partial charge in [-0.05, 0) is 43.3 Å². The van der Waals surface area contributed by atoms with Crippen molar-refractivity contribution in [1.82, 2.24) is 30.4 Å². The molecule has 2 aliphatic heterocycles. The zero-order valence-corrected chi connectivity index (χ0v) is 14.3. The van der Waals surface area contributed by atoms with Crippen LogP contribution in [-0.4, -0.2) is 69.4 Å². The first-order valence-corrected chi connectivity index (χ1v) is 8.68. The number of aryl methyl sites for hydroxylation is 1. The molecule has 2 aliphatic rings. The van der Waals surface area contributed by atoms with Gasteiger partial charge < -0.3 is 10.1 Å². The Morgan fingerprint density at radius 3 is 2.64 bits per heavy atom. The van der Waals surface area contributed by atoms with Gasteiger partial charge in [-0.1, -0.05) is 12.1 Å². The van der Waals surface area contributed by atoms with E-state index in [9.17, 15) is 4.79 Å². The molecule has 3 heterocycles. The van der Waals surface area contributed by atoms with E-state index in [0.29, 0.717) is 24.6 Å². The molecule has 8 heteroatoms. The van der Waals surface area contributed by atoms with Crippen molar-refractivity contribution < 1.29 is 9.53 Å². The minimum atomic E-state index is -0.0710. The first kappa shape index (κ1) is 16.2. The van der Waals surface area contributed by atoms with Crippen molar-refractivity contribution >= 4 is 5.91 Å². The minimum absolute atomic E-state index is 0.0481. The molecule has 0 bridgehead atoms. The van der Waals surface area contributed by atoms with E-state index in [-0.39, 0.29) is 18.0 Å². The molecule has 0 aliphatic carbocycles. The van der Waals surface area contributed by atoms with Gasteiger partial charge in [-0.3, -0.25) is 9.69 Å². The molecule has 0 saturated carbocycles. The van der Waals surface area contributed by atoms with E-state index in [1.807, 2.05) is 12.1 Å². The summed E-state index contributed by atoms with van der Waals surface area (Å²) in [6.07, 6.45) is 2.46. The van der Waals surface area contributed by atoms with Gasteiger partial charge in [-0.2, -0.15) is 4.80 Å². The van der Waals surface area contributed by atoms with Crippen LogP contribution < -0.4 is 5.32 Å². The number of ether oxygens (including phenoxy) is 1. The van der Waals surface area contributed by atoms with Crippen LogP contribution in [0.1, 0.15) is 23.2 Å². The molecule has 1 N–H and O–H groups in total. The highest BCUT2D eigenvalue weighted by Crippen LogP contribution is 2.20. The van der Waals surface area contributed by atoms with Crippen molar-refractivity contribution in [3.8, 4) is 11.4 Å². The van der Waals surface area contributed by atoms with E-state index in [1.165, 1.54) is 17.6 Å². The molecule has 132 valence electrons. The number of carbonyl (C=O) groups excluding carboxylic acids is 1. The Balaban J connectivity index is 1.42. The second-order valence-corrected chi connectivity index (χ2v) is 6.61. The van der Waals surface area contributed by atoms with Crippen LogP contribution in [0.25, 0.3) is 11.4 Å². The Labute approximate surface area is 146 Å². The van der Waals surface area contributed by atoms with Crippen LogP contribution in [0.3, 0.4) is 0 Å². The lowest BCUT2D eigenvalue weighted by atomic mass is 10.1. The van der Waals surface area contributed by atoms with Crippen molar-refractivity contribution in [1.29, 1.82) is 0 Å². The molecule has 2 atom stereocenters. The molecule has 25 heavy (non-hydrogen) atoms. The molecule has 2 saturated heterocycles. The summed E-state index contributed by atoms with van der Waals surface area (Å²) in [6.45, 7) is 3.47. The summed E-state index contributed by atoms with van der Waals surface area (Å²) < 4.78 is 5.62. The number of tetrazole rings is 1. The number of likely N-dealkylation sites (tertiary alicyclic amines) is 1. The summed E-state index contributed by atoms with van der Waals surface area (Å²) in [4.78, 5) is 16.4. The van der Waals surface area contributed by atoms with Gasteiger partial charge in [-0.25, -0.2) is 0 Å². The lowest BCUT2D eigenvalue weighted by Gasteiger charge is -2.27. The molecular weight excluding hydrogens is 320 g/mol. The third kappa shape index (κ3) is 3.40. The quantitative estimate of drug-likeness (QED) is 0.869. The fraction of sp³-hybridized carbons (Fsp3) is 0.529. The number of amides is 1. The zero-order valence-electron chi connectivity index (χ0n) is 14.3. The fourth-order valence-corrected chi connectivity index (χ4v) is 3.54. The molecule has 2 aromatic rings. The fourth-order valence-electron chi connectivity index (χ4n) is 3.54. The number of benzene rings is 1. The summed E-state index contributed by atoms with van der Waals surface area (Å²) in [5, 5.41) is 15.1. The Hall–Kier alpha value is -2.32. The minimum Gasteiger partial charge on any atom is -0.378 e. The highest BCUT2D eigenvalue weighted by Gasteiger charge is 2.35. The second-order valence-electron chi connectivity index (χ2n) is 6.61. The van der Waals surface area contributed by atoms with Crippen molar-refractivity contribution in [3.05, 3.63) is 29.8 Å². The average molecular weight is 342 g/mol. The number of carbonyl (C=O) groups is 1. The maximum absolute atomic E-state index is 12.6. The second kappa shape index (κ2) is 6.89. The Morgan fingerprint density at radius 1 is 1.20 bits per heavy atom. The van der Waals surface area contributed by atoms with Crippen molar-refractivity contribution in [2.24, 2.45) is 7.05 Å². The van der Waals surface area contributed by atoms with E-state index in [0.717, 1.165) is 18.7 Å². The first-order chi connectivity index (χ1) is 12.2. The molecule has 0 spiro atoms. The van der Waals surface area contributed by atoms with E-state index in [1.54, 1.807) is 19.2 Å². The van der Waals surface area contributed by atoms with E-state index in [4.69, 9.17) is 4.74 Å². The summed E-state index contributed by atoms with van der Waals surface area (Å²) in [7, 11) is 1.72. The molecule has 0 radical (unpaired) electrons. The van der Waals surface area contributed by atoms with Crippen LogP contribution in [0, 0.1) is 0 Å². The summed E-state index contributed by atoms with van der Waals surface area (Å²) in [5.41, 5.74) is 1.46. The van der Waals surface area contributed by atoms with Crippen LogP contribution in [0.4, 0.5) is 0 Å². The maximum Gasteiger partial charge on any atom is 0.251 e. The van der Waals surface area contributed by atoms with Gasteiger partial charge in [0.15, 0.2) is 0 Å². The number of nitrogens with zero attached hydrogens (tertiary/aromatic N) is 5. The highest BCUT2D eigenvalue weighted by atomic mass is 16.5. The molecule has 1 amide bonds. The topological polar surface area (TPSA) is 85.2 Å². The molecule has 1 aromatic heterocycles. The van der Waals surface area contributed by atoms with Gasteiger partial charge in [-0.15, -0.1) is 10.2 Å². The number of nitrogens with one attached hydrogen (secondary N) is 1. The monoisotopic (exact) mass is 342 g/mol. The number of hydrogen-bond acceptors (Lipinski definition) is 6. The largest absolute Gasteiger partial charge is 0.378 e. The summed E-state index contributed by atoms with van der Waals surface area (Å²) in [5.74, 6) is 0.478. The molecule has 0 unspecified atom stereocenters. The van der Waals surface area contributed by atoms with Crippen LogP contribution in [0.2, 0.25) is 0 Å². The van der Waals surface area contributed by atoms with Crippen molar-refractivity contribution in [2.45, 2.75) is 24.9 Å². The summed E-state index contributed by atoms with van der Waals surface area (Å²) >= 11 is 0. The van der Waals surface area contributed by atoms with Gasteiger partial charge >= 0.3 is 0 Å². The van der Waals surface area contributed by atoms with Crippen LogP contribution in [0.15, 0.2) is 24.3 Å². The van der Waals surface area contributed by atoms with Crippen LogP contribution in [0.5, 0.6) is 0 Å². The lowest BCUT2D eigenvalue weighted by Crippen LogP contribution is -2.50. The van der Waals surface area contributed by atoms with Gasteiger partial charge in [0.1, 0.15) is 0 Å². The van der Waals surface area contributed by atoms with E-state index < -0.39 is 0 Å². The van der Waals surface area contributed by atoms with Crippen LogP contribution in [-0.2, 0) is 11.8 Å². The zero-order chi connectivity index (χ0) is 17.2. The Morgan fingerprint density at radius 2 is 1.96 bits per heavy atom. The Bertz CT molecular complexity index is 738. The normalized spacial score (nSPS) is 23.9. The van der Waals surface area contributed by atoms with Crippen molar-refractivity contribution in [3.63, 3.8) is 0 Å². The number of rotatable bonds is 4. The standard InChI is InChI=1S/C17H22N6O2/c1-22-20-16(19-21-22)12-4-6-13(7-5-12)17(24)18-14-10-25-11-15(14)23-8-2-3-9-23/h4-7,14-15H,2-3,8-11H2,1H3,(H,18,24)/t14-,15-/m0/s1. The third-order valence-corrected chi connectivity index (χ3v) is 4.89. The first-order valence-electron chi connectivity index (χ1n) is 8.68. The lowest BCUT2D eigenvalue weighted by molar-refractivity contribution is 0.0916. The van der Waals surface area contributed by atoms with Crippen molar-refractivity contribution in [2.75, 3.05) is 26.3 Å². The van der Waals surface area contributed by atoms with Gasteiger partial charge in [0.05, 0.1) is 32.3 Å². The summed E-state index contributed by atoms with van der Waals surface area (Å²) in [6, 6.07) is 7.61. The molecule has 2 fully saturated rings. The van der Waals surface area contributed by atoms with E-state index in [2.05, 4.69) is 25.6 Å². The van der Waals surface area contributed by atoms with Gasteiger partial charge in [0.2, 0.25) is 5.82 Å². The molecule has 4 rings (SSSR count). The molecule has 8 nitrogen and oxygen atoms in total. The average Bonchev–Trinajstić information content (AvgIpc) is 3.36. The predicted molar refractivity (Wildman–Crippen MR) is 90.9 cm³/mol. The predicted octanol–water partition coefficient (Wildman–Crippen LogP) is 0.470.